The molecule has 13 heavy (non-hydrogen) atoms. The lowest BCUT2D eigenvalue weighted by Crippen LogP contribution is -1.73. The van der Waals surface area contributed by atoms with Crippen LogP contribution in [-0.2, 0) is 4.57 Å². The minimum absolute atomic E-state index is 0.383. The Morgan fingerprint density at radius 2 is 2.00 bits per heavy atom. The van der Waals surface area contributed by atoms with Crippen LogP contribution in [0.3, 0.4) is 0 Å². The molecular weight excluding hydrogens is 183 g/mol. The Hall–Kier alpha value is -0.850. The second-order valence-corrected chi connectivity index (χ2v) is 4.03. The molecule has 0 aliphatic rings. The van der Waals surface area contributed by atoms with Crippen molar-refractivity contribution >= 4 is 14.1 Å². The van der Waals surface area contributed by atoms with Crippen molar-refractivity contribution in [3.05, 3.63) is 42.0 Å². The maximum Gasteiger partial charge on any atom is 0.189 e. The Balaban J connectivity index is 2.37. The molecule has 1 aromatic rings. The lowest BCUT2D eigenvalue weighted by Gasteiger charge is -1.91. The summed E-state index contributed by atoms with van der Waals surface area (Å²) in [6, 6.07) is 9.89. The van der Waals surface area contributed by atoms with Gasteiger partial charge in [-0.05, 0) is 12.0 Å². The van der Waals surface area contributed by atoms with Gasteiger partial charge in [-0.3, -0.25) is 4.57 Å². The summed E-state index contributed by atoms with van der Waals surface area (Å²) in [7, 11) is -2.29. The van der Waals surface area contributed by atoms with Crippen LogP contribution in [0.25, 0.3) is 6.08 Å². The van der Waals surface area contributed by atoms with Gasteiger partial charge in [0, 0.05) is 6.16 Å². The monoisotopic (exact) mass is 196 g/mol. The van der Waals surface area contributed by atoms with Crippen LogP contribution >= 0.6 is 8.03 Å². The summed E-state index contributed by atoms with van der Waals surface area (Å²) in [5.74, 6) is 0. The summed E-state index contributed by atoms with van der Waals surface area (Å²) < 4.78 is 10.4. The van der Waals surface area contributed by atoms with E-state index in [0.29, 0.717) is 12.6 Å². The molecule has 1 aromatic carbocycles. The van der Waals surface area contributed by atoms with Crippen LogP contribution in [-0.4, -0.2) is 11.1 Å². The van der Waals surface area contributed by atoms with Gasteiger partial charge in [-0.25, -0.2) is 0 Å². The summed E-state index contributed by atoms with van der Waals surface area (Å²) in [5, 5.41) is 0. The maximum atomic E-state index is 10.4. The fourth-order valence-electron chi connectivity index (χ4n) is 0.990. The van der Waals surface area contributed by atoms with Gasteiger partial charge in [-0.2, -0.15) is 0 Å². The molecule has 3 heteroatoms. The molecule has 0 amide bonds. The second-order valence-electron chi connectivity index (χ2n) is 2.75. The van der Waals surface area contributed by atoms with Crippen LogP contribution in [0.1, 0.15) is 12.0 Å². The Labute approximate surface area is 78.8 Å². The van der Waals surface area contributed by atoms with Gasteiger partial charge < -0.3 is 4.89 Å². The van der Waals surface area contributed by atoms with E-state index >= 15 is 0 Å². The zero-order valence-corrected chi connectivity index (χ0v) is 8.31. The van der Waals surface area contributed by atoms with Crippen molar-refractivity contribution in [1.82, 2.24) is 0 Å². The zero-order valence-electron chi connectivity index (χ0n) is 7.31. The molecular formula is C10H13O2P. The fraction of sp³-hybridized carbons (Fsp3) is 0.200. The lowest BCUT2D eigenvalue weighted by atomic mass is 10.2. The largest absolute Gasteiger partial charge is 0.346 e. The van der Waals surface area contributed by atoms with Gasteiger partial charge in [0.05, 0.1) is 0 Å². The normalized spacial score (nSPS) is 13.3. The Bertz CT molecular complexity index is 293. The summed E-state index contributed by atoms with van der Waals surface area (Å²) >= 11 is 0. The fourth-order valence-corrected chi connectivity index (χ4v) is 1.40. The first-order chi connectivity index (χ1) is 6.29. The summed E-state index contributed by atoms with van der Waals surface area (Å²) in [6.45, 7) is 0. The molecule has 0 bridgehead atoms. The van der Waals surface area contributed by atoms with Gasteiger partial charge in [0.2, 0.25) is 0 Å². The lowest BCUT2D eigenvalue weighted by molar-refractivity contribution is 0.503. The highest BCUT2D eigenvalue weighted by atomic mass is 31.1. The SMILES string of the molecule is O=[PH](O)CCC=Cc1ccccc1. The Morgan fingerprint density at radius 3 is 2.62 bits per heavy atom. The van der Waals surface area contributed by atoms with E-state index in [1.807, 2.05) is 42.5 Å². The smallest absolute Gasteiger partial charge is 0.189 e. The maximum absolute atomic E-state index is 10.4. The van der Waals surface area contributed by atoms with Crippen molar-refractivity contribution in [1.29, 1.82) is 0 Å². The third kappa shape index (κ3) is 4.66. The van der Waals surface area contributed by atoms with Crippen LogP contribution in [0.15, 0.2) is 36.4 Å². The molecule has 0 fully saturated rings. The van der Waals surface area contributed by atoms with E-state index in [-0.39, 0.29) is 0 Å². The van der Waals surface area contributed by atoms with Crippen molar-refractivity contribution in [2.45, 2.75) is 6.42 Å². The first-order valence-corrected chi connectivity index (χ1v) is 5.78. The standard InChI is InChI=1S/C10H13O2P/c11-13(12)9-5-4-8-10-6-2-1-3-7-10/h1-4,6-8,13H,5,9H2,(H,11,12). The minimum Gasteiger partial charge on any atom is -0.346 e. The second kappa shape index (κ2) is 5.74. The molecule has 1 rings (SSSR count). The molecule has 70 valence electrons. The highest BCUT2D eigenvalue weighted by Gasteiger charge is 1.88. The zero-order chi connectivity index (χ0) is 9.52. The number of benzene rings is 1. The van der Waals surface area contributed by atoms with Crippen LogP contribution < -0.4 is 0 Å². The van der Waals surface area contributed by atoms with Crippen molar-refractivity contribution in [3.8, 4) is 0 Å². The average Bonchev–Trinajstić information content (AvgIpc) is 2.14. The molecule has 0 heterocycles. The third-order valence-electron chi connectivity index (χ3n) is 1.63. The van der Waals surface area contributed by atoms with Gasteiger partial charge in [0.15, 0.2) is 8.03 Å². The molecule has 0 saturated heterocycles. The van der Waals surface area contributed by atoms with E-state index in [2.05, 4.69) is 0 Å². The summed E-state index contributed by atoms with van der Waals surface area (Å²) in [6.07, 6.45) is 4.94. The number of hydrogen-bond acceptors (Lipinski definition) is 1. The average molecular weight is 196 g/mol. The molecule has 1 atom stereocenters. The van der Waals surface area contributed by atoms with Gasteiger partial charge in [0.1, 0.15) is 0 Å². The van der Waals surface area contributed by atoms with E-state index in [9.17, 15) is 4.57 Å². The van der Waals surface area contributed by atoms with Crippen molar-refractivity contribution in [3.63, 3.8) is 0 Å². The molecule has 0 spiro atoms. The quantitative estimate of drug-likeness (QED) is 0.751. The van der Waals surface area contributed by atoms with E-state index in [1.54, 1.807) is 0 Å². The first kappa shape index (κ1) is 10.2. The van der Waals surface area contributed by atoms with E-state index in [1.165, 1.54) is 0 Å². The minimum atomic E-state index is -2.29. The molecule has 1 unspecified atom stereocenters. The molecule has 0 aliphatic carbocycles. The topological polar surface area (TPSA) is 37.3 Å². The molecule has 1 N–H and O–H groups in total. The van der Waals surface area contributed by atoms with E-state index in [0.717, 1.165) is 5.56 Å². The Kier molecular flexibility index (Phi) is 4.52. The predicted octanol–water partition coefficient (Wildman–Crippen LogP) is 2.56. The van der Waals surface area contributed by atoms with Gasteiger partial charge in [0.25, 0.3) is 0 Å². The van der Waals surface area contributed by atoms with Gasteiger partial charge in [-0.1, -0.05) is 42.5 Å². The van der Waals surface area contributed by atoms with Crippen molar-refractivity contribution < 1.29 is 9.46 Å². The van der Waals surface area contributed by atoms with Crippen LogP contribution in [0, 0.1) is 0 Å². The number of rotatable bonds is 4. The highest BCUT2D eigenvalue weighted by molar-refractivity contribution is 7.37. The molecule has 0 aromatic heterocycles. The van der Waals surface area contributed by atoms with Gasteiger partial charge in [-0.15, -0.1) is 0 Å². The molecule has 2 nitrogen and oxygen atoms in total. The molecule has 0 saturated carbocycles. The van der Waals surface area contributed by atoms with Crippen molar-refractivity contribution in [2.24, 2.45) is 0 Å². The molecule has 0 aliphatic heterocycles. The van der Waals surface area contributed by atoms with Crippen LogP contribution in [0.4, 0.5) is 0 Å². The Morgan fingerprint density at radius 1 is 1.31 bits per heavy atom. The van der Waals surface area contributed by atoms with Crippen LogP contribution in [0.2, 0.25) is 0 Å². The van der Waals surface area contributed by atoms with Gasteiger partial charge >= 0.3 is 0 Å². The number of hydrogen-bond donors (Lipinski definition) is 1. The predicted molar refractivity (Wildman–Crippen MR) is 56.2 cm³/mol. The van der Waals surface area contributed by atoms with Crippen LogP contribution in [0.5, 0.6) is 0 Å². The third-order valence-corrected chi connectivity index (χ3v) is 2.35. The van der Waals surface area contributed by atoms with E-state index < -0.39 is 8.03 Å². The number of allylic oxidation sites excluding steroid dienone is 1. The summed E-state index contributed by atoms with van der Waals surface area (Å²) in [5.41, 5.74) is 1.13. The van der Waals surface area contributed by atoms with E-state index in [4.69, 9.17) is 4.89 Å². The first-order valence-electron chi connectivity index (χ1n) is 4.22. The highest BCUT2D eigenvalue weighted by Crippen LogP contribution is 2.14. The van der Waals surface area contributed by atoms with Crippen molar-refractivity contribution in [2.75, 3.05) is 6.16 Å². The molecule has 0 radical (unpaired) electrons. The summed E-state index contributed by atoms with van der Waals surface area (Å²) in [4.78, 5) is 8.56.